The smallest absolute Gasteiger partial charge is 0.277 e. The van der Waals surface area contributed by atoms with Gasteiger partial charge in [-0.05, 0) is 63.3 Å². The molecule has 0 saturated carbocycles. The molecule has 2 aromatic carbocycles. The third kappa shape index (κ3) is 5.99. The Morgan fingerprint density at radius 1 is 1.11 bits per heavy atom. The molecule has 0 atom stereocenters. The van der Waals surface area contributed by atoms with Crippen molar-refractivity contribution in [3.63, 3.8) is 0 Å². The van der Waals surface area contributed by atoms with E-state index in [1.807, 2.05) is 18.2 Å². The Balaban J connectivity index is 1.88. The number of amides is 1. The number of nitrogens with zero attached hydrogens (tertiary/aromatic N) is 1. The molecule has 0 aliphatic rings. The van der Waals surface area contributed by atoms with Gasteiger partial charge in [0, 0.05) is 0 Å². The fourth-order valence-electron chi connectivity index (χ4n) is 2.28. The molecular weight excluding hydrogens is 412 g/mol. The molecule has 27 heavy (non-hydrogen) atoms. The van der Waals surface area contributed by atoms with Crippen LogP contribution in [-0.4, -0.2) is 32.9 Å². The summed E-state index contributed by atoms with van der Waals surface area (Å²) in [5.41, 5.74) is 4.39. The second-order valence-electron chi connectivity index (χ2n) is 6.04. The Morgan fingerprint density at radius 2 is 1.81 bits per heavy atom. The Labute approximate surface area is 167 Å². The minimum atomic E-state index is -0.355. The fourth-order valence-corrected chi connectivity index (χ4v) is 2.79. The molecule has 1 amide bonds. The molecular formula is C20H23BrN2O4. The summed E-state index contributed by atoms with van der Waals surface area (Å²) in [6.07, 6.45) is 1.52. The molecule has 1 N–H and O–H groups in total. The number of hydrogen-bond donors (Lipinski definition) is 1. The Hall–Kier alpha value is -2.54. The van der Waals surface area contributed by atoms with Crippen LogP contribution in [0.1, 0.15) is 30.9 Å². The molecule has 6 nitrogen and oxygen atoms in total. The minimum absolute atomic E-state index is 0.136. The Bertz CT molecular complexity index is 822. The Kier molecular flexibility index (Phi) is 7.67. The Morgan fingerprint density at radius 3 is 2.44 bits per heavy atom. The number of nitrogens with one attached hydrogen (secondary N) is 1. The summed E-state index contributed by atoms with van der Waals surface area (Å²) in [5.74, 6) is 1.89. The lowest BCUT2D eigenvalue weighted by molar-refractivity contribution is -0.123. The van der Waals surface area contributed by atoms with Crippen molar-refractivity contribution >= 4 is 28.1 Å². The third-order valence-corrected chi connectivity index (χ3v) is 4.41. The minimum Gasteiger partial charge on any atom is -0.493 e. The molecule has 0 spiro atoms. The van der Waals surface area contributed by atoms with Crippen LogP contribution in [0.5, 0.6) is 17.2 Å². The summed E-state index contributed by atoms with van der Waals surface area (Å²) >= 11 is 3.47. The van der Waals surface area contributed by atoms with Gasteiger partial charge in [0.1, 0.15) is 5.75 Å². The quantitative estimate of drug-likeness (QED) is 0.501. The summed E-state index contributed by atoms with van der Waals surface area (Å²) in [6.45, 7) is 4.10. The van der Waals surface area contributed by atoms with Crippen molar-refractivity contribution in [1.82, 2.24) is 5.43 Å². The predicted molar refractivity (Wildman–Crippen MR) is 109 cm³/mol. The van der Waals surface area contributed by atoms with E-state index in [1.54, 1.807) is 32.4 Å². The second-order valence-corrected chi connectivity index (χ2v) is 6.90. The number of halogens is 1. The summed E-state index contributed by atoms with van der Waals surface area (Å²) in [5, 5.41) is 3.93. The third-order valence-electron chi connectivity index (χ3n) is 3.79. The van der Waals surface area contributed by atoms with Gasteiger partial charge in [-0.1, -0.05) is 19.9 Å². The van der Waals surface area contributed by atoms with Crippen LogP contribution in [0.3, 0.4) is 0 Å². The molecule has 0 unspecified atom stereocenters. The van der Waals surface area contributed by atoms with Gasteiger partial charge in [-0.2, -0.15) is 5.10 Å². The monoisotopic (exact) mass is 434 g/mol. The first kappa shape index (κ1) is 20.8. The number of rotatable bonds is 8. The molecule has 0 aliphatic heterocycles. The highest BCUT2D eigenvalue weighted by atomic mass is 79.9. The van der Waals surface area contributed by atoms with E-state index in [-0.39, 0.29) is 12.5 Å². The van der Waals surface area contributed by atoms with E-state index < -0.39 is 0 Å². The first-order valence-corrected chi connectivity index (χ1v) is 9.20. The first-order chi connectivity index (χ1) is 12.9. The molecule has 7 heteroatoms. The first-order valence-electron chi connectivity index (χ1n) is 8.40. The highest BCUT2D eigenvalue weighted by Crippen LogP contribution is 2.29. The summed E-state index contributed by atoms with van der Waals surface area (Å²) < 4.78 is 16.8. The molecule has 0 saturated heterocycles. The van der Waals surface area contributed by atoms with Crippen LogP contribution in [0.2, 0.25) is 0 Å². The molecule has 0 bridgehead atoms. The van der Waals surface area contributed by atoms with Crippen molar-refractivity contribution in [3.05, 3.63) is 52.0 Å². The van der Waals surface area contributed by atoms with Crippen LogP contribution in [-0.2, 0) is 4.79 Å². The summed E-state index contributed by atoms with van der Waals surface area (Å²) in [7, 11) is 3.13. The van der Waals surface area contributed by atoms with Crippen molar-refractivity contribution in [1.29, 1.82) is 0 Å². The van der Waals surface area contributed by atoms with Crippen LogP contribution >= 0.6 is 15.9 Å². The molecule has 2 aromatic rings. The largest absolute Gasteiger partial charge is 0.493 e. The van der Waals surface area contributed by atoms with Gasteiger partial charge in [0.15, 0.2) is 18.1 Å². The molecule has 0 fully saturated rings. The van der Waals surface area contributed by atoms with Gasteiger partial charge >= 0.3 is 0 Å². The standard InChI is InChI=1S/C20H23BrN2O4/c1-13(2)15-6-8-17(16(21)10-15)27-12-20(24)23-22-11-14-5-7-18(25-3)19(9-14)26-4/h5-11,13H,12H2,1-4H3,(H,23,24)/b22-11+. The lowest BCUT2D eigenvalue weighted by Gasteiger charge is -2.10. The zero-order valence-corrected chi connectivity index (χ0v) is 17.4. The van der Waals surface area contributed by atoms with Crippen molar-refractivity contribution in [2.24, 2.45) is 5.10 Å². The second kappa shape index (κ2) is 9.97. The SMILES string of the molecule is COc1ccc(/C=N/NC(=O)COc2ccc(C(C)C)cc2Br)cc1OC. The highest BCUT2D eigenvalue weighted by Gasteiger charge is 2.08. The number of carbonyl (C=O) groups is 1. The lowest BCUT2D eigenvalue weighted by atomic mass is 10.0. The van der Waals surface area contributed by atoms with E-state index in [2.05, 4.69) is 40.3 Å². The maximum atomic E-state index is 11.9. The van der Waals surface area contributed by atoms with Crippen molar-refractivity contribution in [2.75, 3.05) is 20.8 Å². The molecule has 0 aromatic heterocycles. The maximum absolute atomic E-state index is 11.9. The van der Waals surface area contributed by atoms with E-state index in [0.717, 1.165) is 10.0 Å². The molecule has 0 radical (unpaired) electrons. The van der Waals surface area contributed by atoms with E-state index in [4.69, 9.17) is 14.2 Å². The van der Waals surface area contributed by atoms with Crippen LogP contribution in [0.15, 0.2) is 46.0 Å². The highest BCUT2D eigenvalue weighted by molar-refractivity contribution is 9.10. The van der Waals surface area contributed by atoms with Crippen LogP contribution in [0.4, 0.5) is 0 Å². The van der Waals surface area contributed by atoms with Gasteiger partial charge in [-0.3, -0.25) is 4.79 Å². The number of carbonyl (C=O) groups excluding carboxylic acids is 1. The van der Waals surface area contributed by atoms with E-state index in [0.29, 0.717) is 23.2 Å². The van der Waals surface area contributed by atoms with Crippen molar-refractivity contribution in [3.8, 4) is 17.2 Å². The van der Waals surface area contributed by atoms with Crippen molar-refractivity contribution < 1.29 is 19.0 Å². The zero-order chi connectivity index (χ0) is 19.8. The number of methoxy groups -OCH3 is 2. The van der Waals surface area contributed by atoms with Gasteiger partial charge in [0.2, 0.25) is 0 Å². The number of ether oxygens (including phenoxy) is 3. The van der Waals surface area contributed by atoms with Crippen LogP contribution < -0.4 is 19.6 Å². The van der Waals surface area contributed by atoms with Crippen LogP contribution in [0.25, 0.3) is 0 Å². The summed E-state index contributed by atoms with van der Waals surface area (Å²) in [6, 6.07) is 11.2. The van der Waals surface area contributed by atoms with Gasteiger partial charge < -0.3 is 14.2 Å². The normalized spacial score (nSPS) is 10.9. The van der Waals surface area contributed by atoms with E-state index in [1.165, 1.54) is 11.8 Å². The zero-order valence-electron chi connectivity index (χ0n) is 15.8. The molecule has 0 heterocycles. The van der Waals surface area contributed by atoms with Gasteiger partial charge in [0.05, 0.1) is 24.9 Å². The van der Waals surface area contributed by atoms with Gasteiger partial charge in [-0.15, -0.1) is 0 Å². The van der Waals surface area contributed by atoms with Gasteiger partial charge in [0.25, 0.3) is 5.91 Å². The van der Waals surface area contributed by atoms with Gasteiger partial charge in [-0.25, -0.2) is 5.43 Å². The average Bonchev–Trinajstić information content (AvgIpc) is 2.66. The summed E-state index contributed by atoms with van der Waals surface area (Å²) in [4.78, 5) is 11.9. The van der Waals surface area contributed by atoms with Crippen LogP contribution in [0, 0.1) is 0 Å². The molecule has 144 valence electrons. The van der Waals surface area contributed by atoms with E-state index >= 15 is 0 Å². The maximum Gasteiger partial charge on any atom is 0.277 e. The number of benzene rings is 2. The molecule has 0 aliphatic carbocycles. The predicted octanol–water partition coefficient (Wildman–Crippen LogP) is 4.12. The number of hydrazone groups is 1. The topological polar surface area (TPSA) is 69.2 Å². The lowest BCUT2D eigenvalue weighted by Crippen LogP contribution is -2.24. The van der Waals surface area contributed by atoms with Crippen molar-refractivity contribution in [2.45, 2.75) is 19.8 Å². The fraction of sp³-hybridized carbons (Fsp3) is 0.300. The molecule has 2 rings (SSSR count). The number of hydrogen-bond acceptors (Lipinski definition) is 5. The average molecular weight is 435 g/mol. The van der Waals surface area contributed by atoms with E-state index in [9.17, 15) is 4.79 Å².